The number of aliphatic hydroxyl groups is 1. The van der Waals surface area contributed by atoms with Gasteiger partial charge in [0.2, 0.25) is 5.75 Å². The molecule has 0 aromatic heterocycles. The summed E-state index contributed by atoms with van der Waals surface area (Å²) in [7, 11) is 7.08. The molecule has 1 aliphatic heterocycles. The third-order valence-electron chi connectivity index (χ3n) is 5.09. The molecule has 164 valence electrons. The zero-order valence-corrected chi connectivity index (χ0v) is 17.7. The molecule has 0 bridgehead atoms. The van der Waals surface area contributed by atoms with E-state index in [1.165, 1.54) is 46.5 Å². The molecule has 1 unspecified atom stereocenters. The lowest BCUT2D eigenvalue weighted by Crippen LogP contribution is -2.25. The molecule has 8 nitrogen and oxygen atoms in total. The summed E-state index contributed by atoms with van der Waals surface area (Å²) in [5.41, 5.74) is 0.158. The third kappa shape index (κ3) is 3.63. The van der Waals surface area contributed by atoms with Gasteiger partial charge in [0.15, 0.2) is 11.5 Å². The van der Waals surface area contributed by atoms with Crippen molar-refractivity contribution in [2.24, 2.45) is 0 Å². The fraction of sp³-hybridized carbons (Fsp3) is 0.273. The van der Waals surface area contributed by atoms with E-state index in [0.717, 1.165) is 12.1 Å². The quantitative estimate of drug-likeness (QED) is 0.427. The number of Topliss-reactive ketones (excluding diaryl/α,β-unsaturated/α-hetero) is 1. The zero-order valence-electron chi connectivity index (χ0n) is 17.7. The Morgan fingerprint density at radius 2 is 1.52 bits per heavy atom. The number of nitrogens with zero attached hydrogens (tertiary/aromatic N) is 1. The molecule has 9 heteroatoms. The highest BCUT2D eigenvalue weighted by Gasteiger charge is 2.45. The summed E-state index contributed by atoms with van der Waals surface area (Å²) in [5, 5.41) is 11.0. The highest BCUT2D eigenvalue weighted by molar-refractivity contribution is 6.46. The summed E-state index contributed by atoms with van der Waals surface area (Å²) in [5.74, 6) is -1.85. The molecular formula is C22H22FNO7. The van der Waals surface area contributed by atoms with Crippen molar-refractivity contribution in [2.45, 2.75) is 6.04 Å². The fourth-order valence-corrected chi connectivity index (χ4v) is 3.61. The first kappa shape index (κ1) is 21.9. The second-order valence-corrected chi connectivity index (χ2v) is 6.71. The number of carbonyl (C=O) groups excluding carboxylic acids is 2. The first-order valence-electron chi connectivity index (χ1n) is 9.17. The minimum absolute atomic E-state index is 0.0496. The van der Waals surface area contributed by atoms with Crippen LogP contribution in [0.3, 0.4) is 0 Å². The minimum atomic E-state index is -0.985. The number of carbonyl (C=O) groups is 2. The third-order valence-corrected chi connectivity index (χ3v) is 5.09. The number of likely N-dealkylation sites (N-methyl/N-ethyl adjacent to an activating group) is 1. The van der Waals surface area contributed by atoms with Crippen molar-refractivity contribution in [1.82, 2.24) is 4.90 Å². The predicted molar refractivity (Wildman–Crippen MR) is 109 cm³/mol. The number of hydrogen-bond acceptors (Lipinski definition) is 7. The maximum Gasteiger partial charge on any atom is 0.295 e. The van der Waals surface area contributed by atoms with Crippen molar-refractivity contribution in [3.05, 3.63) is 52.8 Å². The van der Waals surface area contributed by atoms with Crippen LogP contribution in [0.5, 0.6) is 23.0 Å². The number of aliphatic hydroxyl groups excluding tert-OH is 1. The normalized spacial score (nSPS) is 17.6. The molecule has 1 atom stereocenters. The van der Waals surface area contributed by atoms with Gasteiger partial charge in [0, 0.05) is 7.05 Å². The van der Waals surface area contributed by atoms with Crippen LogP contribution in [0.4, 0.5) is 4.39 Å². The summed E-state index contributed by atoms with van der Waals surface area (Å²) in [6.45, 7) is 0. The van der Waals surface area contributed by atoms with Gasteiger partial charge in [-0.1, -0.05) is 0 Å². The molecule has 1 aliphatic rings. The lowest BCUT2D eigenvalue weighted by Gasteiger charge is -2.23. The molecule has 31 heavy (non-hydrogen) atoms. The van der Waals surface area contributed by atoms with E-state index < -0.39 is 29.3 Å². The average Bonchev–Trinajstić information content (AvgIpc) is 3.01. The largest absolute Gasteiger partial charge is 0.507 e. The number of hydrogen-bond donors (Lipinski definition) is 1. The molecule has 1 N–H and O–H groups in total. The Labute approximate surface area is 178 Å². The van der Waals surface area contributed by atoms with E-state index in [-0.39, 0.29) is 16.9 Å². The molecular weight excluding hydrogens is 409 g/mol. The number of ketones is 1. The molecule has 2 aromatic carbocycles. The van der Waals surface area contributed by atoms with Crippen LogP contribution >= 0.6 is 0 Å². The molecule has 1 heterocycles. The van der Waals surface area contributed by atoms with Crippen molar-refractivity contribution in [1.29, 1.82) is 0 Å². The van der Waals surface area contributed by atoms with Crippen LogP contribution in [0.15, 0.2) is 35.9 Å². The maximum absolute atomic E-state index is 13.9. The molecule has 0 radical (unpaired) electrons. The number of likely N-dealkylation sites (tertiary alicyclic amines) is 1. The van der Waals surface area contributed by atoms with E-state index in [9.17, 15) is 19.1 Å². The summed E-state index contributed by atoms with van der Waals surface area (Å²) in [4.78, 5) is 26.5. The second-order valence-electron chi connectivity index (χ2n) is 6.71. The maximum atomic E-state index is 13.9. The molecule has 0 spiro atoms. The molecule has 0 aliphatic carbocycles. The Morgan fingerprint density at radius 1 is 0.935 bits per heavy atom. The predicted octanol–water partition coefficient (Wildman–Crippen LogP) is 2.91. The number of amides is 1. The topological polar surface area (TPSA) is 94.5 Å². The van der Waals surface area contributed by atoms with E-state index in [2.05, 4.69) is 0 Å². The summed E-state index contributed by atoms with van der Waals surface area (Å²) >= 11 is 0. The van der Waals surface area contributed by atoms with Gasteiger partial charge in [0.25, 0.3) is 11.7 Å². The number of methoxy groups -OCH3 is 4. The van der Waals surface area contributed by atoms with Gasteiger partial charge in [-0.25, -0.2) is 4.39 Å². The van der Waals surface area contributed by atoms with Gasteiger partial charge in [-0.15, -0.1) is 0 Å². The number of benzene rings is 2. The lowest BCUT2D eigenvalue weighted by atomic mass is 9.94. The Balaban J connectivity index is 2.29. The van der Waals surface area contributed by atoms with E-state index >= 15 is 0 Å². The SMILES string of the molecule is COc1ccc(F)cc1/C(O)=C1\C(=O)C(=O)N(C)C1c1cc(OC)c(OC)c(OC)c1. The number of rotatable bonds is 6. The van der Waals surface area contributed by atoms with Crippen LogP contribution in [0.2, 0.25) is 0 Å². The van der Waals surface area contributed by atoms with Crippen LogP contribution in [-0.2, 0) is 9.59 Å². The Kier molecular flexibility index (Phi) is 6.05. The van der Waals surface area contributed by atoms with Gasteiger partial charge in [-0.05, 0) is 35.9 Å². The smallest absolute Gasteiger partial charge is 0.295 e. The first-order chi connectivity index (χ1) is 14.8. The van der Waals surface area contributed by atoms with E-state index in [1.807, 2.05) is 0 Å². The molecule has 1 fully saturated rings. The van der Waals surface area contributed by atoms with Crippen LogP contribution in [0.1, 0.15) is 17.2 Å². The van der Waals surface area contributed by atoms with Gasteiger partial charge in [-0.3, -0.25) is 9.59 Å². The van der Waals surface area contributed by atoms with Gasteiger partial charge in [0.05, 0.1) is 45.6 Å². The van der Waals surface area contributed by atoms with Crippen LogP contribution in [-0.4, -0.2) is 57.2 Å². The highest BCUT2D eigenvalue weighted by Crippen LogP contribution is 2.45. The molecule has 3 rings (SSSR count). The summed E-state index contributed by atoms with van der Waals surface area (Å²) < 4.78 is 35.1. The lowest BCUT2D eigenvalue weighted by molar-refractivity contribution is -0.139. The summed E-state index contributed by atoms with van der Waals surface area (Å²) in [6.07, 6.45) is 0. The van der Waals surface area contributed by atoms with Crippen molar-refractivity contribution in [3.63, 3.8) is 0 Å². The van der Waals surface area contributed by atoms with E-state index in [1.54, 1.807) is 12.1 Å². The Hall–Kier alpha value is -3.75. The fourth-order valence-electron chi connectivity index (χ4n) is 3.61. The van der Waals surface area contributed by atoms with Gasteiger partial charge < -0.3 is 29.0 Å². The molecule has 1 amide bonds. The van der Waals surface area contributed by atoms with Crippen molar-refractivity contribution >= 4 is 17.4 Å². The van der Waals surface area contributed by atoms with Crippen molar-refractivity contribution in [2.75, 3.05) is 35.5 Å². The number of ether oxygens (including phenoxy) is 4. The van der Waals surface area contributed by atoms with Crippen LogP contribution < -0.4 is 18.9 Å². The first-order valence-corrected chi connectivity index (χ1v) is 9.17. The molecule has 2 aromatic rings. The van der Waals surface area contributed by atoms with Crippen LogP contribution in [0, 0.1) is 5.82 Å². The number of halogens is 1. The monoisotopic (exact) mass is 431 g/mol. The van der Waals surface area contributed by atoms with Gasteiger partial charge >= 0.3 is 0 Å². The Morgan fingerprint density at radius 3 is 2.03 bits per heavy atom. The van der Waals surface area contributed by atoms with E-state index in [0.29, 0.717) is 22.8 Å². The second kappa shape index (κ2) is 8.55. The zero-order chi connectivity index (χ0) is 22.9. The van der Waals surface area contributed by atoms with Crippen molar-refractivity contribution in [3.8, 4) is 23.0 Å². The summed E-state index contributed by atoms with van der Waals surface area (Å²) in [6, 6.07) is 5.67. The van der Waals surface area contributed by atoms with Gasteiger partial charge in [-0.2, -0.15) is 0 Å². The Bertz CT molecular complexity index is 1050. The van der Waals surface area contributed by atoms with E-state index in [4.69, 9.17) is 18.9 Å². The van der Waals surface area contributed by atoms with Gasteiger partial charge in [0.1, 0.15) is 17.3 Å². The molecule has 0 saturated carbocycles. The standard InChI is InChI=1S/C22H22FNO7/c1-24-18(11-8-15(29-3)21(31-5)16(9-11)30-4)17(20(26)22(24)27)19(25)13-10-12(23)6-7-14(13)28-2/h6-10,18,25H,1-5H3/b19-17+. The highest BCUT2D eigenvalue weighted by atomic mass is 19.1. The molecule has 1 saturated heterocycles. The van der Waals surface area contributed by atoms with Crippen LogP contribution in [0.25, 0.3) is 5.76 Å². The van der Waals surface area contributed by atoms with Crippen molar-refractivity contribution < 1.29 is 38.0 Å². The average molecular weight is 431 g/mol. The minimum Gasteiger partial charge on any atom is -0.507 e.